The number of halogens is 4. The molecule has 5 nitrogen and oxygen atoms in total. The summed E-state index contributed by atoms with van der Waals surface area (Å²) < 4.78 is 52.3. The fraction of sp³-hybridized carbons (Fsp3) is 0.647. The number of alkyl halides is 3. The Hall–Kier alpha value is -2.06. The van der Waals surface area contributed by atoms with Crippen molar-refractivity contribution in [2.24, 2.45) is 5.92 Å². The normalized spacial score (nSPS) is 17.0. The van der Waals surface area contributed by atoms with E-state index >= 15 is 0 Å². The summed E-state index contributed by atoms with van der Waals surface area (Å²) in [5.41, 5.74) is 0.0978. The summed E-state index contributed by atoms with van der Waals surface area (Å²) in [5.74, 6) is -2.64. The third kappa shape index (κ3) is 5.22. The van der Waals surface area contributed by atoms with Crippen molar-refractivity contribution in [3.8, 4) is 0 Å². The van der Waals surface area contributed by atoms with Crippen molar-refractivity contribution in [1.82, 2.24) is 15.0 Å². The van der Waals surface area contributed by atoms with E-state index in [2.05, 4.69) is 20.3 Å². The molecule has 0 unspecified atom stereocenters. The second-order valence-electron chi connectivity index (χ2n) is 6.75. The SMILES string of the molecule is CC(C)Nc1nc(CC[C@H](C)C(F)(F)F)nc(C2=C(F)C(=O)CCC2)n1. The highest BCUT2D eigenvalue weighted by Crippen LogP contribution is 2.31. The van der Waals surface area contributed by atoms with Crippen molar-refractivity contribution in [3.05, 3.63) is 17.5 Å². The number of aryl methyl sites for hydroxylation is 1. The lowest BCUT2D eigenvalue weighted by Crippen LogP contribution is -2.21. The molecule has 2 rings (SSSR count). The van der Waals surface area contributed by atoms with Crippen LogP contribution in [-0.2, 0) is 11.2 Å². The molecule has 0 aliphatic heterocycles. The molecule has 9 heteroatoms. The Morgan fingerprint density at radius 1 is 1.12 bits per heavy atom. The molecule has 1 aromatic heterocycles. The molecule has 0 saturated heterocycles. The second-order valence-corrected chi connectivity index (χ2v) is 6.75. The van der Waals surface area contributed by atoms with E-state index in [0.29, 0.717) is 12.8 Å². The van der Waals surface area contributed by atoms with Crippen LogP contribution in [0.15, 0.2) is 5.83 Å². The Labute approximate surface area is 149 Å². The van der Waals surface area contributed by atoms with E-state index in [0.717, 1.165) is 6.92 Å². The van der Waals surface area contributed by atoms with E-state index < -0.39 is 23.7 Å². The Morgan fingerprint density at radius 2 is 1.81 bits per heavy atom. The fourth-order valence-electron chi connectivity index (χ4n) is 2.52. The highest BCUT2D eigenvalue weighted by atomic mass is 19.4. The summed E-state index contributed by atoms with van der Waals surface area (Å²) in [7, 11) is 0. The molecule has 0 radical (unpaired) electrons. The van der Waals surface area contributed by atoms with Gasteiger partial charge in [-0.3, -0.25) is 4.79 Å². The van der Waals surface area contributed by atoms with Crippen LogP contribution < -0.4 is 5.32 Å². The van der Waals surface area contributed by atoms with Gasteiger partial charge in [-0.2, -0.15) is 23.1 Å². The largest absolute Gasteiger partial charge is 0.391 e. The minimum atomic E-state index is -4.29. The van der Waals surface area contributed by atoms with E-state index in [1.165, 1.54) is 0 Å². The maximum atomic E-state index is 14.2. The minimum absolute atomic E-state index is 0.0170. The van der Waals surface area contributed by atoms with Crippen LogP contribution in [0.1, 0.15) is 58.1 Å². The number of hydrogen-bond donors (Lipinski definition) is 1. The van der Waals surface area contributed by atoms with Crippen LogP contribution >= 0.6 is 0 Å². The van der Waals surface area contributed by atoms with E-state index in [9.17, 15) is 22.4 Å². The monoisotopic (exact) mass is 374 g/mol. The maximum absolute atomic E-state index is 14.2. The van der Waals surface area contributed by atoms with E-state index in [1.54, 1.807) is 0 Å². The average molecular weight is 374 g/mol. The van der Waals surface area contributed by atoms with Gasteiger partial charge in [-0.15, -0.1) is 0 Å². The van der Waals surface area contributed by atoms with Crippen LogP contribution in [0.5, 0.6) is 0 Å². The molecule has 1 N–H and O–H groups in total. The molecule has 0 fully saturated rings. The van der Waals surface area contributed by atoms with Crippen LogP contribution in [0.2, 0.25) is 0 Å². The van der Waals surface area contributed by atoms with Crippen molar-refractivity contribution in [3.63, 3.8) is 0 Å². The molecule has 1 aliphatic rings. The molecule has 0 amide bonds. The number of ketones is 1. The first-order valence-corrected chi connectivity index (χ1v) is 8.58. The molecule has 0 aromatic carbocycles. The number of rotatable bonds is 6. The summed E-state index contributed by atoms with van der Waals surface area (Å²) in [6.45, 7) is 4.79. The molecular formula is C17H22F4N4O. The zero-order valence-corrected chi connectivity index (χ0v) is 15.0. The van der Waals surface area contributed by atoms with Crippen molar-refractivity contribution in [1.29, 1.82) is 0 Å². The van der Waals surface area contributed by atoms with E-state index in [4.69, 9.17) is 0 Å². The predicted molar refractivity (Wildman–Crippen MR) is 89.0 cm³/mol. The summed E-state index contributed by atoms with van der Waals surface area (Å²) in [4.78, 5) is 24.0. The number of allylic oxidation sites excluding steroid dienone is 2. The lowest BCUT2D eigenvalue weighted by Gasteiger charge is -2.17. The van der Waals surface area contributed by atoms with Crippen LogP contribution in [0.25, 0.3) is 5.57 Å². The molecule has 0 saturated carbocycles. The lowest BCUT2D eigenvalue weighted by atomic mass is 9.97. The van der Waals surface area contributed by atoms with Crippen molar-refractivity contribution < 1.29 is 22.4 Å². The number of Topliss-reactive ketones (excluding diaryl/α,β-unsaturated/α-hetero) is 1. The van der Waals surface area contributed by atoms with E-state index in [-0.39, 0.29) is 48.5 Å². The number of anilines is 1. The summed E-state index contributed by atoms with van der Waals surface area (Å²) in [5, 5.41) is 2.95. The number of hydrogen-bond acceptors (Lipinski definition) is 5. The molecule has 0 bridgehead atoms. The lowest BCUT2D eigenvalue weighted by molar-refractivity contribution is -0.171. The van der Waals surface area contributed by atoms with E-state index in [1.807, 2.05) is 13.8 Å². The zero-order chi connectivity index (χ0) is 19.5. The van der Waals surface area contributed by atoms with Gasteiger partial charge in [0.25, 0.3) is 0 Å². The summed E-state index contributed by atoms with van der Waals surface area (Å²) >= 11 is 0. The fourth-order valence-corrected chi connectivity index (χ4v) is 2.52. The molecule has 1 aromatic rings. The number of carbonyl (C=O) groups excluding carboxylic acids is 1. The first kappa shape index (κ1) is 20.3. The number of aromatic nitrogens is 3. The Morgan fingerprint density at radius 3 is 2.42 bits per heavy atom. The van der Waals surface area contributed by atoms with Gasteiger partial charge < -0.3 is 5.32 Å². The van der Waals surface area contributed by atoms with Crippen LogP contribution in [-0.4, -0.2) is 33.0 Å². The highest BCUT2D eigenvalue weighted by molar-refractivity contribution is 6.01. The third-order valence-electron chi connectivity index (χ3n) is 4.07. The third-order valence-corrected chi connectivity index (χ3v) is 4.07. The number of nitrogens with one attached hydrogen (secondary N) is 1. The van der Waals surface area contributed by atoms with Gasteiger partial charge in [0, 0.05) is 24.5 Å². The topological polar surface area (TPSA) is 67.8 Å². The van der Waals surface area contributed by atoms with Crippen LogP contribution in [0.3, 0.4) is 0 Å². The maximum Gasteiger partial charge on any atom is 0.391 e. The van der Waals surface area contributed by atoms with Crippen LogP contribution in [0.4, 0.5) is 23.5 Å². The molecule has 144 valence electrons. The highest BCUT2D eigenvalue weighted by Gasteiger charge is 2.35. The minimum Gasteiger partial charge on any atom is -0.352 e. The van der Waals surface area contributed by atoms with Gasteiger partial charge in [-0.1, -0.05) is 6.92 Å². The van der Waals surface area contributed by atoms with Gasteiger partial charge in [0.05, 0.1) is 5.92 Å². The molecule has 1 aliphatic carbocycles. The smallest absolute Gasteiger partial charge is 0.352 e. The zero-order valence-electron chi connectivity index (χ0n) is 15.0. The van der Waals surface area contributed by atoms with Gasteiger partial charge in [0.1, 0.15) is 5.82 Å². The molecule has 0 spiro atoms. The van der Waals surface area contributed by atoms with Crippen molar-refractivity contribution in [2.75, 3.05) is 5.32 Å². The molecule has 1 heterocycles. The van der Waals surface area contributed by atoms with Gasteiger partial charge >= 0.3 is 6.18 Å². The summed E-state index contributed by atoms with van der Waals surface area (Å²) in [6.07, 6.45) is -3.57. The van der Waals surface area contributed by atoms with Gasteiger partial charge in [-0.25, -0.2) is 9.37 Å². The number of nitrogens with zero attached hydrogens (tertiary/aromatic N) is 3. The number of carbonyl (C=O) groups is 1. The average Bonchev–Trinajstić information content (AvgIpc) is 2.53. The standard InChI is InChI=1S/C17H22F4N4O/c1-9(2)22-16-24-13(8-7-10(3)17(19,20)21)23-15(25-16)11-5-4-6-12(26)14(11)18/h9-10H,4-8H2,1-3H3,(H,22,23,24,25)/t10-/m0/s1. The Balaban J connectivity index is 2.33. The predicted octanol–water partition coefficient (Wildman–Crippen LogP) is 4.26. The molecular weight excluding hydrogens is 352 g/mol. The van der Waals surface area contributed by atoms with Gasteiger partial charge in [0.15, 0.2) is 17.4 Å². The summed E-state index contributed by atoms with van der Waals surface area (Å²) in [6, 6.07) is -0.0287. The van der Waals surface area contributed by atoms with Gasteiger partial charge in [-0.05, 0) is 33.1 Å². The van der Waals surface area contributed by atoms with Crippen molar-refractivity contribution >= 4 is 17.3 Å². The van der Waals surface area contributed by atoms with Crippen molar-refractivity contribution in [2.45, 2.75) is 65.1 Å². The van der Waals surface area contributed by atoms with Crippen LogP contribution in [0, 0.1) is 5.92 Å². The quantitative estimate of drug-likeness (QED) is 0.754. The Bertz CT molecular complexity index is 700. The van der Waals surface area contributed by atoms with Gasteiger partial charge in [0.2, 0.25) is 5.95 Å². The molecule has 1 atom stereocenters. The first-order valence-electron chi connectivity index (χ1n) is 8.58. The Kier molecular flexibility index (Phi) is 6.30. The first-order chi connectivity index (χ1) is 12.1. The second kappa shape index (κ2) is 8.09. The molecule has 26 heavy (non-hydrogen) atoms.